The molecular weight excluding hydrogens is 222 g/mol. The van der Waals surface area contributed by atoms with Crippen LogP contribution >= 0.6 is 0 Å². The number of ketones is 1. The first-order valence-corrected chi connectivity index (χ1v) is 6.72. The third-order valence-corrected chi connectivity index (χ3v) is 3.39. The molecule has 2 nitrogen and oxygen atoms in total. The fourth-order valence-electron chi connectivity index (χ4n) is 2.22. The SMILES string of the molecule is CCN(CC(C)(C)C(=O)c1ccccc1)C(C)C. The Morgan fingerprint density at radius 3 is 2.22 bits per heavy atom. The summed E-state index contributed by atoms with van der Waals surface area (Å²) in [6.45, 7) is 12.3. The van der Waals surface area contributed by atoms with Crippen molar-refractivity contribution in [2.24, 2.45) is 5.41 Å². The van der Waals surface area contributed by atoms with Crippen LogP contribution in [0, 0.1) is 5.41 Å². The molecule has 0 aliphatic heterocycles. The topological polar surface area (TPSA) is 20.3 Å². The molecule has 0 amide bonds. The van der Waals surface area contributed by atoms with Crippen molar-refractivity contribution in [3.05, 3.63) is 35.9 Å². The standard InChI is InChI=1S/C16H25NO/c1-6-17(13(2)3)12-16(4,5)15(18)14-10-8-7-9-11-14/h7-11,13H,6,12H2,1-5H3. The molecule has 0 saturated carbocycles. The van der Waals surface area contributed by atoms with Crippen LogP contribution in [0.2, 0.25) is 0 Å². The van der Waals surface area contributed by atoms with Crippen LogP contribution in [0.5, 0.6) is 0 Å². The normalized spacial score (nSPS) is 12.2. The van der Waals surface area contributed by atoms with Gasteiger partial charge in [-0.15, -0.1) is 0 Å². The second kappa shape index (κ2) is 6.14. The van der Waals surface area contributed by atoms with Gasteiger partial charge in [-0.3, -0.25) is 4.79 Å². The molecule has 0 heterocycles. The Kier molecular flexibility index (Phi) is 5.09. The molecule has 1 rings (SSSR count). The number of nitrogens with zero attached hydrogens (tertiary/aromatic N) is 1. The Bertz CT molecular complexity index is 381. The zero-order valence-corrected chi connectivity index (χ0v) is 12.2. The highest BCUT2D eigenvalue weighted by atomic mass is 16.1. The summed E-state index contributed by atoms with van der Waals surface area (Å²) in [5, 5.41) is 0. The monoisotopic (exact) mass is 247 g/mol. The largest absolute Gasteiger partial charge is 0.300 e. The van der Waals surface area contributed by atoms with E-state index in [4.69, 9.17) is 0 Å². The molecule has 100 valence electrons. The van der Waals surface area contributed by atoms with E-state index in [9.17, 15) is 4.79 Å². The lowest BCUT2D eigenvalue weighted by atomic mass is 9.83. The van der Waals surface area contributed by atoms with E-state index in [1.165, 1.54) is 0 Å². The van der Waals surface area contributed by atoms with Crippen LogP contribution in [0.15, 0.2) is 30.3 Å². The predicted molar refractivity (Wildman–Crippen MR) is 76.9 cm³/mol. The van der Waals surface area contributed by atoms with E-state index < -0.39 is 0 Å². The predicted octanol–water partition coefficient (Wildman–Crippen LogP) is 3.63. The number of carbonyl (C=O) groups excluding carboxylic acids is 1. The fraction of sp³-hybridized carbons (Fsp3) is 0.562. The van der Waals surface area contributed by atoms with Crippen LogP contribution in [0.3, 0.4) is 0 Å². The van der Waals surface area contributed by atoms with E-state index in [1.54, 1.807) is 0 Å². The number of benzene rings is 1. The Morgan fingerprint density at radius 1 is 1.22 bits per heavy atom. The molecule has 1 aromatic carbocycles. The van der Waals surface area contributed by atoms with Gasteiger partial charge in [-0.1, -0.05) is 51.1 Å². The Balaban J connectivity index is 2.83. The lowest BCUT2D eigenvalue weighted by Gasteiger charge is -2.33. The lowest BCUT2D eigenvalue weighted by molar-refractivity contribution is 0.0739. The first-order chi connectivity index (χ1) is 8.38. The Labute approximate surface area is 111 Å². The van der Waals surface area contributed by atoms with Crippen molar-refractivity contribution < 1.29 is 4.79 Å². The maximum Gasteiger partial charge on any atom is 0.169 e. The van der Waals surface area contributed by atoms with Crippen molar-refractivity contribution in [2.75, 3.05) is 13.1 Å². The summed E-state index contributed by atoms with van der Waals surface area (Å²) < 4.78 is 0. The third kappa shape index (κ3) is 3.67. The molecule has 0 unspecified atom stereocenters. The molecule has 0 fully saturated rings. The second-order valence-corrected chi connectivity index (χ2v) is 5.74. The first-order valence-electron chi connectivity index (χ1n) is 6.72. The highest BCUT2D eigenvalue weighted by Crippen LogP contribution is 2.24. The molecule has 0 saturated heterocycles. The van der Waals surface area contributed by atoms with Crippen LogP contribution in [-0.4, -0.2) is 29.8 Å². The van der Waals surface area contributed by atoms with Crippen molar-refractivity contribution >= 4 is 5.78 Å². The van der Waals surface area contributed by atoms with Gasteiger partial charge in [-0.2, -0.15) is 0 Å². The highest BCUT2D eigenvalue weighted by molar-refractivity contribution is 6.00. The molecule has 0 spiro atoms. The summed E-state index contributed by atoms with van der Waals surface area (Å²) in [6, 6.07) is 10.0. The van der Waals surface area contributed by atoms with Crippen LogP contribution in [-0.2, 0) is 0 Å². The molecule has 0 aliphatic carbocycles. The van der Waals surface area contributed by atoms with Crippen LogP contribution in [0.25, 0.3) is 0 Å². The summed E-state index contributed by atoms with van der Waals surface area (Å²) >= 11 is 0. The number of rotatable bonds is 6. The highest BCUT2D eigenvalue weighted by Gasteiger charge is 2.31. The number of Topliss-reactive ketones (excluding diaryl/α,β-unsaturated/α-hetero) is 1. The third-order valence-electron chi connectivity index (χ3n) is 3.39. The molecule has 0 aromatic heterocycles. The van der Waals surface area contributed by atoms with Crippen LogP contribution in [0.1, 0.15) is 45.0 Å². The summed E-state index contributed by atoms with van der Waals surface area (Å²) in [5.74, 6) is 0.224. The Hall–Kier alpha value is -1.15. The molecular formula is C16H25NO. The van der Waals surface area contributed by atoms with Gasteiger partial charge in [0.1, 0.15) is 0 Å². The van der Waals surface area contributed by atoms with Gasteiger partial charge >= 0.3 is 0 Å². The molecule has 0 atom stereocenters. The minimum Gasteiger partial charge on any atom is -0.300 e. The van der Waals surface area contributed by atoms with E-state index in [-0.39, 0.29) is 11.2 Å². The van der Waals surface area contributed by atoms with Gasteiger partial charge in [0.05, 0.1) is 0 Å². The average molecular weight is 247 g/mol. The fourth-order valence-corrected chi connectivity index (χ4v) is 2.22. The van der Waals surface area contributed by atoms with Crippen molar-refractivity contribution in [3.8, 4) is 0 Å². The number of hydrogen-bond donors (Lipinski definition) is 0. The molecule has 0 N–H and O–H groups in total. The van der Waals surface area contributed by atoms with Gasteiger partial charge in [0.25, 0.3) is 0 Å². The first kappa shape index (κ1) is 14.9. The van der Waals surface area contributed by atoms with E-state index in [0.717, 1.165) is 18.7 Å². The van der Waals surface area contributed by atoms with Crippen molar-refractivity contribution in [3.63, 3.8) is 0 Å². The van der Waals surface area contributed by atoms with Gasteiger partial charge in [0, 0.05) is 23.6 Å². The minimum atomic E-state index is -0.346. The quantitative estimate of drug-likeness (QED) is 0.715. The molecule has 0 aliphatic rings. The molecule has 1 aromatic rings. The second-order valence-electron chi connectivity index (χ2n) is 5.74. The number of carbonyl (C=O) groups is 1. The van der Waals surface area contributed by atoms with Gasteiger partial charge in [0.15, 0.2) is 5.78 Å². The van der Waals surface area contributed by atoms with E-state index in [2.05, 4.69) is 25.7 Å². The summed E-state index contributed by atoms with van der Waals surface area (Å²) in [7, 11) is 0. The summed E-state index contributed by atoms with van der Waals surface area (Å²) in [5.41, 5.74) is 0.462. The van der Waals surface area contributed by atoms with Gasteiger partial charge in [-0.05, 0) is 20.4 Å². The van der Waals surface area contributed by atoms with Crippen molar-refractivity contribution in [1.29, 1.82) is 0 Å². The lowest BCUT2D eigenvalue weighted by Crippen LogP contribution is -2.42. The summed E-state index contributed by atoms with van der Waals surface area (Å²) in [4.78, 5) is 14.8. The molecule has 0 bridgehead atoms. The molecule has 0 radical (unpaired) electrons. The molecule has 2 heteroatoms. The minimum absolute atomic E-state index is 0.224. The zero-order valence-electron chi connectivity index (χ0n) is 12.2. The smallest absolute Gasteiger partial charge is 0.169 e. The van der Waals surface area contributed by atoms with Crippen molar-refractivity contribution in [2.45, 2.75) is 40.7 Å². The maximum atomic E-state index is 12.5. The Morgan fingerprint density at radius 2 is 1.78 bits per heavy atom. The van der Waals surface area contributed by atoms with E-state index in [1.807, 2.05) is 44.2 Å². The molecule has 18 heavy (non-hydrogen) atoms. The van der Waals surface area contributed by atoms with E-state index >= 15 is 0 Å². The number of hydrogen-bond acceptors (Lipinski definition) is 2. The van der Waals surface area contributed by atoms with Crippen LogP contribution < -0.4 is 0 Å². The van der Waals surface area contributed by atoms with Gasteiger partial charge < -0.3 is 4.90 Å². The maximum absolute atomic E-state index is 12.5. The van der Waals surface area contributed by atoms with Gasteiger partial charge in [-0.25, -0.2) is 0 Å². The van der Waals surface area contributed by atoms with Crippen molar-refractivity contribution in [1.82, 2.24) is 4.90 Å². The summed E-state index contributed by atoms with van der Waals surface area (Å²) in [6.07, 6.45) is 0. The average Bonchev–Trinajstić information content (AvgIpc) is 2.35. The zero-order chi connectivity index (χ0) is 13.8. The van der Waals surface area contributed by atoms with Gasteiger partial charge in [0.2, 0.25) is 0 Å². The van der Waals surface area contributed by atoms with E-state index in [0.29, 0.717) is 6.04 Å². The van der Waals surface area contributed by atoms with Crippen LogP contribution in [0.4, 0.5) is 0 Å².